The molecule has 0 saturated heterocycles. The van der Waals surface area contributed by atoms with Gasteiger partial charge in [0.1, 0.15) is 5.60 Å². The van der Waals surface area contributed by atoms with Crippen LogP contribution in [0.1, 0.15) is 58.1 Å². The Morgan fingerprint density at radius 2 is 2.10 bits per heavy atom. The van der Waals surface area contributed by atoms with Crippen LogP contribution in [0.4, 0.5) is 0 Å². The zero-order chi connectivity index (χ0) is 14.6. The van der Waals surface area contributed by atoms with Crippen LogP contribution in [0.5, 0.6) is 0 Å². The molecule has 0 radical (unpaired) electrons. The Kier molecular flexibility index (Phi) is 5.64. The van der Waals surface area contributed by atoms with Gasteiger partial charge in [-0.2, -0.15) is 5.10 Å². The molecular formula is C15H26BrN3O. The van der Waals surface area contributed by atoms with Crippen molar-refractivity contribution in [3.63, 3.8) is 0 Å². The van der Waals surface area contributed by atoms with Gasteiger partial charge in [-0.1, -0.05) is 13.8 Å². The van der Waals surface area contributed by atoms with Crippen molar-refractivity contribution in [1.82, 2.24) is 15.1 Å². The number of nitrogens with one attached hydrogen (secondary N) is 1. The summed E-state index contributed by atoms with van der Waals surface area (Å²) in [7, 11) is 0. The molecule has 1 saturated carbocycles. The number of aliphatic hydroxyl groups is 1. The van der Waals surface area contributed by atoms with Crippen molar-refractivity contribution in [2.24, 2.45) is 0 Å². The van der Waals surface area contributed by atoms with Gasteiger partial charge in [-0.05, 0) is 61.0 Å². The van der Waals surface area contributed by atoms with E-state index in [1.165, 1.54) is 0 Å². The molecule has 2 N–H and O–H groups in total. The zero-order valence-electron chi connectivity index (χ0n) is 12.5. The minimum absolute atomic E-state index is 0.552. The topological polar surface area (TPSA) is 50.1 Å². The second kappa shape index (κ2) is 7.05. The summed E-state index contributed by atoms with van der Waals surface area (Å²) in [4.78, 5) is 0. The summed E-state index contributed by atoms with van der Waals surface area (Å²) in [5.74, 6) is 0. The summed E-state index contributed by atoms with van der Waals surface area (Å²) >= 11 is 3.56. The minimum Gasteiger partial charge on any atom is -0.384 e. The SMILES string of the molecule is CCCNC1CCC(O)(c2c(Br)cnn2CCC)CC1. The fourth-order valence-corrected chi connectivity index (χ4v) is 3.76. The molecule has 1 fully saturated rings. The van der Waals surface area contributed by atoms with Crippen molar-refractivity contribution in [1.29, 1.82) is 0 Å². The summed E-state index contributed by atoms with van der Waals surface area (Å²) < 4.78 is 2.90. The van der Waals surface area contributed by atoms with E-state index in [1.807, 2.05) is 10.9 Å². The van der Waals surface area contributed by atoms with Crippen LogP contribution >= 0.6 is 15.9 Å². The molecule has 4 nitrogen and oxygen atoms in total. The van der Waals surface area contributed by atoms with Crippen molar-refractivity contribution in [2.45, 2.75) is 70.6 Å². The molecular weight excluding hydrogens is 318 g/mol. The second-order valence-corrected chi connectivity index (χ2v) is 6.68. The van der Waals surface area contributed by atoms with E-state index in [2.05, 4.69) is 40.2 Å². The first-order chi connectivity index (χ1) is 9.60. The molecule has 114 valence electrons. The summed E-state index contributed by atoms with van der Waals surface area (Å²) in [6.45, 7) is 6.25. The van der Waals surface area contributed by atoms with E-state index in [0.717, 1.165) is 61.8 Å². The number of halogens is 1. The molecule has 1 aromatic rings. The average molecular weight is 344 g/mol. The van der Waals surface area contributed by atoms with Gasteiger partial charge in [0.15, 0.2) is 0 Å². The molecule has 2 rings (SSSR count). The van der Waals surface area contributed by atoms with Gasteiger partial charge in [-0.25, -0.2) is 0 Å². The second-order valence-electron chi connectivity index (χ2n) is 5.82. The Hall–Kier alpha value is -0.390. The Bertz CT molecular complexity index is 425. The lowest BCUT2D eigenvalue weighted by Crippen LogP contribution is -2.41. The third kappa shape index (κ3) is 3.43. The average Bonchev–Trinajstić information content (AvgIpc) is 2.80. The molecule has 20 heavy (non-hydrogen) atoms. The largest absolute Gasteiger partial charge is 0.384 e. The predicted octanol–water partition coefficient (Wildman–Crippen LogP) is 3.19. The van der Waals surface area contributed by atoms with Crippen molar-refractivity contribution in [3.8, 4) is 0 Å². The highest BCUT2D eigenvalue weighted by Gasteiger charge is 2.38. The van der Waals surface area contributed by atoms with E-state index < -0.39 is 5.60 Å². The quantitative estimate of drug-likeness (QED) is 0.833. The zero-order valence-corrected chi connectivity index (χ0v) is 14.1. The van der Waals surface area contributed by atoms with Crippen molar-refractivity contribution >= 4 is 15.9 Å². The molecule has 0 spiro atoms. The molecule has 0 amide bonds. The van der Waals surface area contributed by atoms with Gasteiger partial charge in [0.2, 0.25) is 0 Å². The molecule has 5 heteroatoms. The highest BCUT2D eigenvalue weighted by molar-refractivity contribution is 9.10. The smallest absolute Gasteiger partial charge is 0.107 e. The van der Waals surface area contributed by atoms with E-state index >= 15 is 0 Å². The lowest BCUT2D eigenvalue weighted by Gasteiger charge is -2.37. The van der Waals surface area contributed by atoms with Crippen molar-refractivity contribution in [2.75, 3.05) is 6.54 Å². The van der Waals surface area contributed by atoms with E-state index in [9.17, 15) is 5.11 Å². The molecule has 0 aromatic carbocycles. The van der Waals surface area contributed by atoms with Crippen LogP contribution in [0.15, 0.2) is 10.7 Å². The molecule has 0 atom stereocenters. The maximum absolute atomic E-state index is 11.0. The van der Waals surface area contributed by atoms with Crippen LogP contribution in [0.3, 0.4) is 0 Å². The van der Waals surface area contributed by atoms with Crippen molar-refractivity contribution < 1.29 is 5.11 Å². The van der Waals surface area contributed by atoms with E-state index in [4.69, 9.17) is 0 Å². The molecule has 1 heterocycles. The van der Waals surface area contributed by atoms with E-state index in [0.29, 0.717) is 6.04 Å². The first kappa shape index (κ1) is 16.0. The Morgan fingerprint density at radius 1 is 1.40 bits per heavy atom. The third-order valence-corrected chi connectivity index (χ3v) is 4.75. The number of rotatable bonds is 6. The van der Waals surface area contributed by atoms with Crippen LogP contribution in [-0.4, -0.2) is 27.5 Å². The standard InChI is InChI=1S/C15H26BrN3O/c1-3-9-17-12-5-7-15(20,8-6-12)14-13(16)11-18-19(14)10-4-2/h11-12,17,20H,3-10H2,1-2H3. The summed E-state index contributed by atoms with van der Waals surface area (Å²) in [6, 6.07) is 0.552. The Balaban J connectivity index is 2.07. The van der Waals surface area contributed by atoms with Gasteiger partial charge in [-0.3, -0.25) is 4.68 Å². The number of aromatic nitrogens is 2. The van der Waals surface area contributed by atoms with Gasteiger partial charge in [0.25, 0.3) is 0 Å². The minimum atomic E-state index is -0.727. The monoisotopic (exact) mass is 343 g/mol. The molecule has 0 aliphatic heterocycles. The summed E-state index contributed by atoms with van der Waals surface area (Å²) in [5.41, 5.74) is 0.239. The van der Waals surface area contributed by atoms with Crippen LogP contribution in [0, 0.1) is 0 Å². The molecule has 0 unspecified atom stereocenters. The van der Waals surface area contributed by atoms with Gasteiger partial charge in [-0.15, -0.1) is 0 Å². The summed E-state index contributed by atoms with van der Waals surface area (Å²) in [6.07, 6.45) is 7.67. The first-order valence-corrected chi connectivity index (χ1v) is 8.57. The fourth-order valence-electron chi connectivity index (χ4n) is 3.09. The molecule has 1 aliphatic carbocycles. The first-order valence-electron chi connectivity index (χ1n) is 7.78. The lowest BCUT2D eigenvalue weighted by molar-refractivity contribution is -0.0167. The van der Waals surface area contributed by atoms with Gasteiger partial charge in [0, 0.05) is 12.6 Å². The summed E-state index contributed by atoms with van der Waals surface area (Å²) in [5, 5.41) is 19.0. The number of hydrogen-bond acceptors (Lipinski definition) is 3. The van der Waals surface area contributed by atoms with E-state index in [-0.39, 0.29) is 0 Å². The van der Waals surface area contributed by atoms with Crippen LogP contribution in [0.25, 0.3) is 0 Å². The van der Waals surface area contributed by atoms with Gasteiger partial charge >= 0.3 is 0 Å². The third-order valence-electron chi connectivity index (χ3n) is 4.17. The number of nitrogens with zero attached hydrogens (tertiary/aromatic N) is 2. The van der Waals surface area contributed by atoms with Crippen LogP contribution in [0.2, 0.25) is 0 Å². The lowest BCUT2D eigenvalue weighted by atomic mass is 9.80. The predicted molar refractivity (Wildman–Crippen MR) is 84.7 cm³/mol. The normalized spacial score (nSPS) is 26.9. The Labute approximate surface area is 130 Å². The number of hydrogen-bond donors (Lipinski definition) is 2. The molecule has 1 aromatic heterocycles. The molecule has 1 aliphatic rings. The maximum Gasteiger partial charge on any atom is 0.107 e. The number of aryl methyl sites for hydroxylation is 1. The highest BCUT2D eigenvalue weighted by atomic mass is 79.9. The molecule has 0 bridgehead atoms. The Morgan fingerprint density at radius 3 is 2.70 bits per heavy atom. The van der Waals surface area contributed by atoms with Gasteiger partial charge < -0.3 is 10.4 Å². The fraction of sp³-hybridized carbons (Fsp3) is 0.800. The van der Waals surface area contributed by atoms with Crippen LogP contribution < -0.4 is 5.32 Å². The van der Waals surface area contributed by atoms with Crippen LogP contribution in [-0.2, 0) is 12.1 Å². The maximum atomic E-state index is 11.0. The highest BCUT2D eigenvalue weighted by Crippen LogP contribution is 2.40. The van der Waals surface area contributed by atoms with E-state index in [1.54, 1.807) is 0 Å². The van der Waals surface area contributed by atoms with Gasteiger partial charge in [0.05, 0.1) is 16.4 Å². The van der Waals surface area contributed by atoms with Crippen molar-refractivity contribution in [3.05, 3.63) is 16.4 Å².